The third-order valence-corrected chi connectivity index (χ3v) is 2.96. The third-order valence-electron chi connectivity index (χ3n) is 2.96. The molecule has 0 unspecified atom stereocenters. The van der Waals surface area contributed by atoms with E-state index in [-0.39, 0.29) is 12.3 Å². The number of hydrogen-bond donors (Lipinski definition) is 2. The first-order valence-corrected chi connectivity index (χ1v) is 5.25. The number of benzene rings is 1. The second kappa shape index (κ2) is 3.57. The van der Waals surface area contributed by atoms with Crippen molar-refractivity contribution in [3.05, 3.63) is 29.8 Å². The van der Waals surface area contributed by atoms with Gasteiger partial charge in [0.1, 0.15) is 0 Å². The number of nitrogens with zero attached hydrogens (tertiary/aromatic N) is 1. The molecule has 0 radical (unpaired) electrons. The van der Waals surface area contributed by atoms with Crippen LogP contribution in [-0.4, -0.2) is 29.3 Å². The molecule has 2 rings (SSSR count). The zero-order valence-electron chi connectivity index (χ0n) is 9.34. The van der Waals surface area contributed by atoms with Crippen molar-refractivity contribution in [2.75, 3.05) is 11.9 Å². The van der Waals surface area contributed by atoms with E-state index in [1.807, 2.05) is 6.07 Å². The van der Waals surface area contributed by atoms with Crippen molar-refractivity contribution < 1.29 is 15.0 Å². The van der Waals surface area contributed by atoms with Crippen LogP contribution in [0.4, 0.5) is 5.69 Å². The van der Waals surface area contributed by atoms with Gasteiger partial charge in [0.15, 0.2) is 5.60 Å². The van der Waals surface area contributed by atoms with E-state index in [1.54, 1.807) is 32.2 Å². The van der Waals surface area contributed by atoms with Gasteiger partial charge in [-0.05, 0) is 13.0 Å². The van der Waals surface area contributed by atoms with E-state index in [0.717, 1.165) is 0 Å². The number of para-hydroxylation sites is 1. The van der Waals surface area contributed by atoms with Crippen molar-refractivity contribution >= 4 is 11.6 Å². The van der Waals surface area contributed by atoms with Gasteiger partial charge >= 0.3 is 0 Å². The molecule has 86 valence electrons. The van der Waals surface area contributed by atoms with Gasteiger partial charge in [0.2, 0.25) is 0 Å². The number of hydrogen-bond acceptors (Lipinski definition) is 3. The van der Waals surface area contributed by atoms with E-state index in [1.165, 1.54) is 4.90 Å². The van der Waals surface area contributed by atoms with Crippen LogP contribution < -0.4 is 4.90 Å². The molecule has 1 amide bonds. The van der Waals surface area contributed by atoms with Gasteiger partial charge in [-0.2, -0.15) is 0 Å². The first-order chi connectivity index (χ1) is 7.47. The highest BCUT2D eigenvalue weighted by Crippen LogP contribution is 2.41. The summed E-state index contributed by atoms with van der Waals surface area (Å²) in [6, 6.07) is 7.10. The molecule has 0 fully saturated rings. The number of rotatable bonds is 2. The highest BCUT2D eigenvalue weighted by Gasteiger charge is 2.48. The minimum atomic E-state index is -1.58. The average Bonchev–Trinajstić information content (AvgIpc) is 2.42. The fourth-order valence-electron chi connectivity index (χ4n) is 2.24. The molecule has 0 spiro atoms. The Morgan fingerprint density at radius 2 is 2.06 bits per heavy atom. The van der Waals surface area contributed by atoms with E-state index in [9.17, 15) is 15.0 Å². The average molecular weight is 221 g/mol. The van der Waals surface area contributed by atoms with Gasteiger partial charge in [-0.25, -0.2) is 0 Å². The summed E-state index contributed by atoms with van der Waals surface area (Å²) in [6.45, 7) is 1.56. The van der Waals surface area contributed by atoms with Crippen molar-refractivity contribution in [2.24, 2.45) is 0 Å². The fourth-order valence-corrected chi connectivity index (χ4v) is 2.24. The van der Waals surface area contributed by atoms with Crippen molar-refractivity contribution in [3.63, 3.8) is 0 Å². The van der Waals surface area contributed by atoms with Gasteiger partial charge < -0.3 is 15.1 Å². The maximum Gasteiger partial charge on any atom is 0.263 e. The summed E-state index contributed by atoms with van der Waals surface area (Å²) in [5.41, 5.74) is -0.307. The predicted molar refractivity (Wildman–Crippen MR) is 60.0 cm³/mol. The largest absolute Gasteiger partial charge is 0.393 e. The molecule has 0 aliphatic carbocycles. The van der Waals surface area contributed by atoms with E-state index < -0.39 is 11.7 Å². The Kier molecular flexibility index (Phi) is 2.48. The molecule has 0 saturated heterocycles. The highest BCUT2D eigenvalue weighted by molar-refractivity contribution is 6.06. The van der Waals surface area contributed by atoms with Crippen LogP contribution in [0, 0.1) is 0 Å². The Morgan fingerprint density at radius 1 is 1.44 bits per heavy atom. The van der Waals surface area contributed by atoms with Crippen molar-refractivity contribution in [2.45, 2.75) is 25.0 Å². The monoisotopic (exact) mass is 221 g/mol. The van der Waals surface area contributed by atoms with Crippen molar-refractivity contribution in [1.82, 2.24) is 0 Å². The van der Waals surface area contributed by atoms with E-state index in [0.29, 0.717) is 11.3 Å². The second-order valence-electron chi connectivity index (χ2n) is 4.29. The minimum absolute atomic E-state index is 0.0210. The van der Waals surface area contributed by atoms with Crippen molar-refractivity contribution in [3.8, 4) is 0 Å². The van der Waals surface area contributed by atoms with Gasteiger partial charge in [0, 0.05) is 19.0 Å². The molecule has 0 bridgehead atoms. The zero-order valence-corrected chi connectivity index (χ0v) is 9.34. The summed E-state index contributed by atoms with van der Waals surface area (Å²) in [6.07, 6.45) is -0.707. The molecule has 2 N–H and O–H groups in total. The lowest BCUT2D eigenvalue weighted by Gasteiger charge is -2.23. The molecular formula is C12H15NO3. The van der Waals surface area contributed by atoms with Crippen LogP contribution >= 0.6 is 0 Å². The Balaban J connectivity index is 2.52. The fraction of sp³-hybridized carbons (Fsp3) is 0.417. The summed E-state index contributed by atoms with van der Waals surface area (Å²) in [5, 5.41) is 19.8. The Bertz CT molecular complexity index is 430. The Labute approximate surface area is 94.1 Å². The number of amides is 1. The molecule has 16 heavy (non-hydrogen) atoms. The maximum atomic E-state index is 12.0. The molecule has 1 aromatic carbocycles. The third kappa shape index (κ3) is 1.42. The summed E-state index contributed by atoms with van der Waals surface area (Å²) in [5.74, 6) is -0.380. The van der Waals surface area contributed by atoms with Gasteiger partial charge in [-0.3, -0.25) is 4.79 Å². The Morgan fingerprint density at radius 3 is 2.69 bits per heavy atom. The summed E-state index contributed by atoms with van der Waals surface area (Å²) < 4.78 is 0. The van der Waals surface area contributed by atoms with E-state index in [4.69, 9.17) is 0 Å². The first-order valence-electron chi connectivity index (χ1n) is 5.25. The van der Waals surface area contributed by atoms with Crippen LogP contribution in [0.1, 0.15) is 18.9 Å². The molecule has 1 aliphatic rings. The molecule has 2 atom stereocenters. The lowest BCUT2D eigenvalue weighted by atomic mass is 9.90. The summed E-state index contributed by atoms with van der Waals surface area (Å²) in [4.78, 5) is 13.4. The van der Waals surface area contributed by atoms with Crippen LogP contribution in [0.25, 0.3) is 0 Å². The molecular weight excluding hydrogens is 206 g/mol. The first kappa shape index (κ1) is 11.1. The van der Waals surface area contributed by atoms with E-state index in [2.05, 4.69) is 0 Å². The zero-order chi connectivity index (χ0) is 11.9. The van der Waals surface area contributed by atoms with Gasteiger partial charge in [-0.15, -0.1) is 0 Å². The topological polar surface area (TPSA) is 60.8 Å². The highest BCUT2D eigenvalue weighted by atomic mass is 16.3. The smallest absolute Gasteiger partial charge is 0.263 e. The number of likely N-dealkylation sites (N-methyl/N-ethyl adjacent to an activating group) is 1. The van der Waals surface area contributed by atoms with Crippen LogP contribution in [0.5, 0.6) is 0 Å². The minimum Gasteiger partial charge on any atom is -0.393 e. The molecule has 0 saturated carbocycles. The second-order valence-corrected chi connectivity index (χ2v) is 4.29. The standard InChI is InChI=1S/C12H15NO3/c1-8(14)7-12(16)9-5-3-4-6-10(9)13(2)11(12)15/h3-6,8,14,16H,7H2,1-2H3/t8-,12-/m0/s1. The van der Waals surface area contributed by atoms with Crippen molar-refractivity contribution in [1.29, 1.82) is 0 Å². The molecule has 0 aromatic heterocycles. The van der Waals surface area contributed by atoms with Gasteiger partial charge in [0.25, 0.3) is 5.91 Å². The molecule has 4 nitrogen and oxygen atoms in total. The molecule has 1 heterocycles. The maximum absolute atomic E-state index is 12.0. The molecule has 1 aromatic rings. The Hall–Kier alpha value is -1.39. The number of carbonyl (C=O) groups is 1. The van der Waals surface area contributed by atoms with Crippen LogP contribution in [-0.2, 0) is 10.4 Å². The van der Waals surface area contributed by atoms with Crippen LogP contribution in [0.3, 0.4) is 0 Å². The number of carbonyl (C=O) groups excluding carboxylic acids is 1. The number of anilines is 1. The lowest BCUT2D eigenvalue weighted by molar-refractivity contribution is -0.138. The SMILES string of the molecule is C[C@H](O)C[C@@]1(O)C(=O)N(C)c2ccccc21. The number of fused-ring (bicyclic) bond motifs is 1. The normalized spacial score (nSPS) is 25.8. The van der Waals surface area contributed by atoms with Crippen LogP contribution in [0.2, 0.25) is 0 Å². The molecule has 4 heteroatoms. The number of aliphatic hydroxyl groups is 2. The van der Waals surface area contributed by atoms with Gasteiger partial charge in [0.05, 0.1) is 11.8 Å². The summed E-state index contributed by atoms with van der Waals surface area (Å²) in [7, 11) is 1.63. The molecule has 1 aliphatic heterocycles. The van der Waals surface area contributed by atoms with E-state index >= 15 is 0 Å². The number of aliphatic hydroxyl groups excluding tert-OH is 1. The summed E-state index contributed by atoms with van der Waals surface area (Å²) >= 11 is 0. The predicted octanol–water partition coefficient (Wildman–Crippen LogP) is 0.621. The van der Waals surface area contributed by atoms with Gasteiger partial charge in [-0.1, -0.05) is 18.2 Å². The van der Waals surface area contributed by atoms with Crippen LogP contribution in [0.15, 0.2) is 24.3 Å². The quantitative estimate of drug-likeness (QED) is 0.769. The lowest BCUT2D eigenvalue weighted by Crippen LogP contribution is -2.40.